The van der Waals surface area contributed by atoms with Crippen molar-refractivity contribution in [2.24, 2.45) is 0 Å². The van der Waals surface area contributed by atoms with E-state index in [1.165, 1.54) is 0 Å². The standard InChI is InChI=1S/C10H9ClF2N4/c1-5-3-6(2)15-10(14-5)17-8(11)4-7(16-17)9(12)13/h3-4,9H,1-2H3. The Morgan fingerprint density at radius 2 is 1.76 bits per heavy atom. The molecule has 0 amide bonds. The Balaban J connectivity index is 2.52. The van der Waals surface area contributed by atoms with E-state index in [4.69, 9.17) is 11.6 Å². The molecule has 2 heterocycles. The molecule has 17 heavy (non-hydrogen) atoms. The molecule has 90 valence electrons. The van der Waals surface area contributed by atoms with E-state index in [-0.39, 0.29) is 11.1 Å². The van der Waals surface area contributed by atoms with E-state index in [1.807, 2.05) is 0 Å². The third-order valence-electron chi connectivity index (χ3n) is 2.07. The largest absolute Gasteiger partial charge is 0.282 e. The van der Waals surface area contributed by atoms with E-state index < -0.39 is 12.1 Å². The zero-order chi connectivity index (χ0) is 12.6. The highest BCUT2D eigenvalue weighted by atomic mass is 35.5. The number of halogens is 3. The van der Waals surface area contributed by atoms with Gasteiger partial charge < -0.3 is 0 Å². The van der Waals surface area contributed by atoms with E-state index in [0.29, 0.717) is 0 Å². The lowest BCUT2D eigenvalue weighted by Crippen LogP contribution is -2.06. The first kappa shape index (κ1) is 11.9. The predicted octanol–water partition coefficient (Wildman–Crippen LogP) is 2.87. The first-order chi connectivity index (χ1) is 7.97. The summed E-state index contributed by atoms with van der Waals surface area (Å²) >= 11 is 5.82. The lowest BCUT2D eigenvalue weighted by atomic mass is 10.4. The normalized spacial score (nSPS) is 11.2. The Morgan fingerprint density at radius 1 is 1.18 bits per heavy atom. The molecule has 0 aliphatic carbocycles. The topological polar surface area (TPSA) is 43.6 Å². The van der Waals surface area contributed by atoms with Gasteiger partial charge in [-0.2, -0.15) is 9.78 Å². The second-order valence-corrected chi connectivity index (χ2v) is 3.94. The third kappa shape index (κ3) is 2.41. The molecule has 0 aliphatic heterocycles. The molecular weight excluding hydrogens is 250 g/mol. The highest BCUT2D eigenvalue weighted by Crippen LogP contribution is 2.22. The van der Waals surface area contributed by atoms with Gasteiger partial charge in [0.15, 0.2) is 0 Å². The molecule has 0 aliphatic rings. The maximum absolute atomic E-state index is 12.5. The van der Waals surface area contributed by atoms with Crippen molar-refractivity contribution in [3.63, 3.8) is 0 Å². The summed E-state index contributed by atoms with van der Waals surface area (Å²) in [7, 11) is 0. The molecule has 0 unspecified atom stereocenters. The summed E-state index contributed by atoms with van der Waals surface area (Å²) in [4.78, 5) is 8.20. The lowest BCUT2D eigenvalue weighted by molar-refractivity contribution is 0.145. The first-order valence-electron chi connectivity index (χ1n) is 4.83. The molecule has 2 aromatic rings. The van der Waals surface area contributed by atoms with Gasteiger partial charge in [0.05, 0.1) is 0 Å². The van der Waals surface area contributed by atoms with E-state index in [1.54, 1.807) is 19.9 Å². The summed E-state index contributed by atoms with van der Waals surface area (Å²) in [6, 6.07) is 2.88. The van der Waals surface area contributed by atoms with Gasteiger partial charge in [-0.1, -0.05) is 11.6 Å². The van der Waals surface area contributed by atoms with Gasteiger partial charge in [-0.05, 0) is 19.9 Å². The van der Waals surface area contributed by atoms with Gasteiger partial charge in [0.1, 0.15) is 10.8 Å². The average molecular weight is 259 g/mol. The minimum atomic E-state index is -2.67. The summed E-state index contributed by atoms with van der Waals surface area (Å²) in [5.41, 5.74) is 1.05. The van der Waals surface area contributed by atoms with Crippen LogP contribution in [0.5, 0.6) is 0 Å². The van der Waals surface area contributed by atoms with Crippen LogP contribution in [0.3, 0.4) is 0 Å². The molecule has 0 atom stereocenters. The second-order valence-electron chi connectivity index (χ2n) is 3.56. The molecule has 0 fully saturated rings. The summed E-state index contributed by atoms with van der Waals surface area (Å²) in [6.07, 6.45) is -2.67. The van der Waals surface area contributed by atoms with Crippen molar-refractivity contribution in [2.45, 2.75) is 20.3 Å². The Bertz CT molecular complexity index is 533. The van der Waals surface area contributed by atoms with Crippen molar-refractivity contribution in [3.8, 4) is 5.95 Å². The zero-order valence-electron chi connectivity index (χ0n) is 9.15. The van der Waals surface area contributed by atoms with E-state index >= 15 is 0 Å². The fraction of sp³-hybridized carbons (Fsp3) is 0.300. The fourth-order valence-corrected chi connectivity index (χ4v) is 1.65. The molecule has 2 aromatic heterocycles. The molecule has 0 bridgehead atoms. The van der Waals surface area contributed by atoms with Gasteiger partial charge in [0.25, 0.3) is 12.4 Å². The van der Waals surface area contributed by atoms with Crippen LogP contribution in [0.2, 0.25) is 5.15 Å². The van der Waals surface area contributed by atoms with Crippen LogP contribution < -0.4 is 0 Å². The Labute approximate surface area is 101 Å². The number of aryl methyl sites for hydroxylation is 2. The summed E-state index contributed by atoms with van der Waals surface area (Å²) < 4.78 is 26.0. The highest BCUT2D eigenvalue weighted by molar-refractivity contribution is 6.29. The second kappa shape index (κ2) is 4.37. The first-order valence-corrected chi connectivity index (χ1v) is 5.21. The summed E-state index contributed by atoms with van der Waals surface area (Å²) in [5, 5.41) is 3.73. The predicted molar refractivity (Wildman–Crippen MR) is 58.6 cm³/mol. The highest BCUT2D eigenvalue weighted by Gasteiger charge is 2.16. The van der Waals surface area contributed by atoms with E-state index in [0.717, 1.165) is 22.1 Å². The zero-order valence-corrected chi connectivity index (χ0v) is 9.91. The van der Waals surface area contributed by atoms with Crippen LogP contribution in [-0.4, -0.2) is 19.7 Å². The average Bonchev–Trinajstić information content (AvgIpc) is 2.59. The molecule has 2 rings (SSSR count). The number of hydrogen-bond donors (Lipinski definition) is 0. The Kier molecular flexibility index (Phi) is 3.06. The molecule has 0 saturated carbocycles. The number of nitrogens with zero attached hydrogens (tertiary/aromatic N) is 4. The van der Waals surface area contributed by atoms with Gasteiger partial charge in [-0.15, -0.1) is 0 Å². The molecule has 0 spiro atoms. The van der Waals surface area contributed by atoms with Crippen molar-refractivity contribution in [1.29, 1.82) is 0 Å². The number of alkyl halides is 2. The smallest absolute Gasteiger partial charge is 0.216 e. The molecule has 7 heteroatoms. The fourth-order valence-electron chi connectivity index (χ4n) is 1.42. The van der Waals surface area contributed by atoms with Crippen LogP contribution in [-0.2, 0) is 0 Å². The number of aromatic nitrogens is 4. The molecule has 0 aromatic carbocycles. The minimum absolute atomic E-state index is 0.0605. The maximum atomic E-state index is 12.5. The Morgan fingerprint density at radius 3 is 2.24 bits per heavy atom. The van der Waals surface area contributed by atoms with Crippen LogP contribution in [0.15, 0.2) is 12.1 Å². The molecule has 0 saturated heterocycles. The minimum Gasteiger partial charge on any atom is -0.216 e. The number of rotatable bonds is 2. The van der Waals surface area contributed by atoms with E-state index in [9.17, 15) is 8.78 Å². The third-order valence-corrected chi connectivity index (χ3v) is 2.34. The van der Waals surface area contributed by atoms with E-state index in [2.05, 4.69) is 15.1 Å². The SMILES string of the molecule is Cc1cc(C)nc(-n2nc(C(F)F)cc2Cl)n1. The van der Waals surface area contributed by atoms with Gasteiger partial charge >= 0.3 is 0 Å². The Hall–Kier alpha value is -1.56. The molecular formula is C10H9ClF2N4. The summed E-state index contributed by atoms with van der Waals surface area (Å²) in [6.45, 7) is 3.56. The maximum Gasteiger partial charge on any atom is 0.282 e. The monoisotopic (exact) mass is 258 g/mol. The van der Waals surface area contributed by atoms with Gasteiger partial charge in [0, 0.05) is 17.5 Å². The molecule has 4 nitrogen and oxygen atoms in total. The van der Waals surface area contributed by atoms with Crippen molar-refractivity contribution in [1.82, 2.24) is 19.7 Å². The van der Waals surface area contributed by atoms with Crippen molar-refractivity contribution >= 4 is 11.6 Å². The van der Waals surface area contributed by atoms with Crippen LogP contribution in [0, 0.1) is 13.8 Å². The van der Waals surface area contributed by atoms with Crippen molar-refractivity contribution in [3.05, 3.63) is 34.4 Å². The quantitative estimate of drug-likeness (QED) is 0.832. The van der Waals surface area contributed by atoms with Crippen LogP contribution in [0.4, 0.5) is 8.78 Å². The lowest BCUT2D eigenvalue weighted by Gasteiger charge is -2.03. The van der Waals surface area contributed by atoms with Crippen LogP contribution in [0.1, 0.15) is 23.5 Å². The van der Waals surface area contributed by atoms with Gasteiger partial charge in [-0.25, -0.2) is 18.7 Å². The molecule has 0 N–H and O–H groups in total. The molecule has 0 radical (unpaired) electrons. The van der Waals surface area contributed by atoms with Crippen molar-refractivity contribution in [2.75, 3.05) is 0 Å². The summed E-state index contributed by atoms with van der Waals surface area (Å²) in [5.74, 6) is 0.194. The van der Waals surface area contributed by atoms with Crippen LogP contribution in [0.25, 0.3) is 5.95 Å². The number of hydrogen-bond acceptors (Lipinski definition) is 3. The van der Waals surface area contributed by atoms with Crippen molar-refractivity contribution < 1.29 is 8.78 Å². The van der Waals surface area contributed by atoms with Gasteiger partial charge in [0.2, 0.25) is 0 Å². The van der Waals surface area contributed by atoms with Gasteiger partial charge in [-0.3, -0.25) is 0 Å². The van der Waals surface area contributed by atoms with Crippen LogP contribution >= 0.6 is 11.6 Å².